The quantitative estimate of drug-likeness (QED) is 0.768. The second kappa shape index (κ2) is 7.71. The van der Waals surface area contributed by atoms with E-state index >= 15 is 0 Å². The second-order valence-electron chi connectivity index (χ2n) is 5.15. The number of ether oxygens (including phenoxy) is 1. The van der Waals surface area contributed by atoms with Crippen LogP contribution < -0.4 is 10.5 Å². The summed E-state index contributed by atoms with van der Waals surface area (Å²) in [6.07, 6.45) is 3.33. The van der Waals surface area contributed by atoms with Gasteiger partial charge in [-0.3, -0.25) is 0 Å². The zero-order valence-corrected chi connectivity index (χ0v) is 12.1. The number of rotatable bonds is 7. The van der Waals surface area contributed by atoms with Crippen molar-refractivity contribution in [2.75, 3.05) is 6.61 Å². The SMILES string of the molecule is CC(N)c1cccc(OCCCCc2ccccc2)c1. The predicted molar refractivity (Wildman–Crippen MR) is 83.9 cm³/mol. The highest BCUT2D eigenvalue weighted by Gasteiger charge is 2.01. The molecule has 2 nitrogen and oxygen atoms in total. The standard InChI is InChI=1S/C18H23NO/c1-15(19)17-11-7-12-18(14-17)20-13-6-5-10-16-8-3-2-4-9-16/h2-4,7-9,11-12,14-15H,5-6,10,13,19H2,1H3. The summed E-state index contributed by atoms with van der Waals surface area (Å²) in [4.78, 5) is 0. The smallest absolute Gasteiger partial charge is 0.119 e. The topological polar surface area (TPSA) is 35.2 Å². The minimum Gasteiger partial charge on any atom is -0.494 e. The van der Waals surface area contributed by atoms with Crippen molar-refractivity contribution in [3.8, 4) is 5.75 Å². The van der Waals surface area contributed by atoms with Gasteiger partial charge >= 0.3 is 0 Å². The predicted octanol–water partition coefficient (Wildman–Crippen LogP) is 4.11. The third-order valence-electron chi connectivity index (χ3n) is 3.36. The average Bonchev–Trinajstić information content (AvgIpc) is 2.48. The molecule has 0 amide bonds. The summed E-state index contributed by atoms with van der Waals surface area (Å²) in [6.45, 7) is 2.74. The van der Waals surface area contributed by atoms with Gasteiger partial charge in [0.2, 0.25) is 0 Å². The van der Waals surface area contributed by atoms with Crippen molar-refractivity contribution < 1.29 is 4.74 Å². The average molecular weight is 269 g/mol. The normalized spacial score (nSPS) is 12.1. The molecular formula is C18H23NO. The van der Waals surface area contributed by atoms with Gasteiger partial charge in [-0.05, 0) is 49.4 Å². The highest BCUT2D eigenvalue weighted by Crippen LogP contribution is 2.18. The fraction of sp³-hybridized carbons (Fsp3) is 0.333. The van der Waals surface area contributed by atoms with Gasteiger partial charge in [-0.1, -0.05) is 42.5 Å². The first kappa shape index (κ1) is 14.6. The van der Waals surface area contributed by atoms with Crippen molar-refractivity contribution in [1.29, 1.82) is 0 Å². The van der Waals surface area contributed by atoms with Gasteiger partial charge < -0.3 is 10.5 Å². The van der Waals surface area contributed by atoms with Crippen LogP contribution in [-0.4, -0.2) is 6.61 Å². The van der Waals surface area contributed by atoms with Crippen molar-refractivity contribution in [3.63, 3.8) is 0 Å². The monoisotopic (exact) mass is 269 g/mol. The van der Waals surface area contributed by atoms with Gasteiger partial charge in [0.1, 0.15) is 5.75 Å². The van der Waals surface area contributed by atoms with Crippen LogP contribution in [0.2, 0.25) is 0 Å². The van der Waals surface area contributed by atoms with Crippen molar-refractivity contribution in [3.05, 3.63) is 65.7 Å². The van der Waals surface area contributed by atoms with Gasteiger partial charge in [-0.2, -0.15) is 0 Å². The third kappa shape index (κ3) is 4.71. The lowest BCUT2D eigenvalue weighted by Crippen LogP contribution is -2.05. The van der Waals surface area contributed by atoms with E-state index in [4.69, 9.17) is 10.5 Å². The van der Waals surface area contributed by atoms with E-state index in [0.29, 0.717) is 0 Å². The number of aryl methyl sites for hydroxylation is 1. The van der Waals surface area contributed by atoms with Gasteiger partial charge in [-0.25, -0.2) is 0 Å². The molecule has 2 N–H and O–H groups in total. The van der Waals surface area contributed by atoms with Gasteiger partial charge in [0, 0.05) is 6.04 Å². The third-order valence-corrected chi connectivity index (χ3v) is 3.36. The molecule has 1 unspecified atom stereocenters. The van der Waals surface area contributed by atoms with Gasteiger partial charge in [-0.15, -0.1) is 0 Å². The molecule has 106 valence electrons. The van der Waals surface area contributed by atoms with Crippen LogP contribution >= 0.6 is 0 Å². The summed E-state index contributed by atoms with van der Waals surface area (Å²) >= 11 is 0. The molecule has 20 heavy (non-hydrogen) atoms. The first-order valence-electron chi connectivity index (χ1n) is 7.28. The Morgan fingerprint density at radius 3 is 2.55 bits per heavy atom. The molecule has 2 aromatic rings. The van der Waals surface area contributed by atoms with Crippen LogP contribution in [0.25, 0.3) is 0 Å². The molecule has 1 atom stereocenters. The van der Waals surface area contributed by atoms with Crippen molar-refractivity contribution in [2.45, 2.75) is 32.2 Å². The number of unbranched alkanes of at least 4 members (excludes halogenated alkanes) is 1. The van der Waals surface area contributed by atoms with Crippen LogP contribution in [0.5, 0.6) is 5.75 Å². The van der Waals surface area contributed by atoms with E-state index in [-0.39, 0.29) is 6.04 Å². The largest absolute Gasteiger partial charge is 0.494 e. The minimum atomic E-state index is 0.0524. The van der Waals surface area contributed by atoms with E-state index in [2.05, 4.69) is 30.3 Å². The number of benzene rings is 2. The maximum atomic E-state index is 5.87. The minimum absolute atomic E-state index is 0.0524. The Morgan fingerprint density at radius 1 is 1.00 bits per heavy atom. The molecule has 0 bridgehead atoms. The van der Waals surface area contributed by atoms with Crippen LogP contribution in [0.1, 0.15) is 36.9 Å². The molecular weight excluding hydrogens is 246 g/mol. The highest BCUT2D eigenvalue weighted by atomic mass is 16.5. The zero-order valence-electron chi connectivity index (χ0n) is 12.1. The van der Waals surface area contributed by atoms with E-state index in [9.17, 15) is 0 Å². The molecule has 2 aromatic carbocycles. The highest BCUT2D eigenvalue weighted by molar-refractivity contribution is 5.30. The van der Waals surface area contributed by atoms with E-state index in [1.165, 1.54) is 5.56 Å². The molecule has 0 fully saturated rings. The summed E-state index contributed by atoms with van der Waals surface area (Å²) in [5.41, 5.74) is 8.38. The number of hydrogen-bond acceptors (Lipinski definition) is 2. The molecule has 0 spiro atoms. The number of hydrogen-bond donors (Lipinski definition) is 1. The molecule has 0 aliphatic rings. The van der Waals surface area contributed by atoms with E-state index in [1.54, 1.807) is 0 Å². The summed E-state index contributed by atoms with van der Waals surface area (Å²) in [5, 5.41) is 0. The van der Waals surface area contributed by atoms with Crippen LogP contribution in [0.15, 0.2) is 54.6 Å². The lowest BCUT2D eigenvalue weighted by atomic mass is 10.1. The molecule has 2 rings (SSSR count). The van der Waals surface area contributed by atoms with Gasteiger partial charge in [0.05, 0.1) is 6.61 Å². The Labute approximate surface area is 121 Å². The van der Waals surface area contributed by atoms with Gasteiger partial charge in [0.25, 0.3) is 0 Å². The lowest BCUT2D eigenvalue weighted by Gasteiger charge is -2.10. The molecule has 0 heterocycles. The van der Waals surface area contributed by atoms with Crippen molar-refractivity contribution in [2.24, 2.45) is 5.73 Å². The Balaban J connectivity index is 1.69. The zero-order chi connectivity index (χ0) is 14.2. The van der Waals surface area contributed by atoms with E-state index in [0.717, 1.165) is 37.2 Å². The molecule has 0 saturated heterocycles. The van der Waals surface area contributed by atoms with Crippen LogP contribution in [0.4, 0.5) is 0 Å². The fourth-order valence-corrected chi connectivity index (χ4v) is 2.15. The molecule has 0 saturated carbocycles. The summed E-state index contributed by atoms with van der Waals surface area (Å²) in [5.74, 6) is 0.916. The van der Waals surface area contributed by atoms with Gasteiger partial charge in [0.15, 0.2) is 0 Å². The first-order chi connectivity index (χ1) is 9.75. The van der Waals surface area contributed by atoms with Crippen LogP contribution in [0, 0.1) is 0 Å². The maximum absolute atomic E-state index is 5.87. The van der Waals surface area contributed by atoms with Crippen molar-refractivity contribution >= 4 is 0 Å². The molecule has 0 aliphatic carbocycles. The molecule has 0 radical (unpaired) electrons. The first-order valence-corrected chi connectivity index (χ1v) is 7.28. The second-order valence-corrected chi connectivity index (χ2v) is 5.15. The number of nitrogens with two attached hydrogens (primary N) is 1. The summed E-state index contributed by atoms with van der Waals surface area (Å²) in [6, 6.07) is 18.7. The fourth-order valence-electron chi connectivity index (χ4n) is 2.15. The Morgan fingerprint density at radius 2 is 1.80 bits per heavy atom. The summed E-state index contributed by atoms with van der Waals surface area (Å²) in [7, 11) is 0. The van der Waals surface area contributed by atoms with Crippen LogP contribution in [0.3, 0.4) is 0 Å². The van der Waals surface area contributed by atoms with E-state index < -0.39 is 0 Å². The van der Waals surface area contributed by atoms with Crippen LogP contribution in [-0.2, 0) is 6.42 Å². The molecule has 2 heteroatoms. The maximum Gasteiger partial charge on any atom is 0.119 e. The Bertz CT molecular complexity index is 508. The molecule has 0 aliphatic heterocycles. The van der Waals surface area contributed by atoms with Crippen molar-refractivity contribution in [1.82, 2.24) is 0 Å². The lowest BCUT2D eigenvalue weighted by molar-refractivity contribution is 0.306. The Hall–Kier alpha value is -1.80. The Kier molecular flexibility index (Phi) is 5.63. The summed E-state index contributed by atoms with van der Waals surface area (Å²) < 4.78 is 5.78. The van der Waals surface area contributed by atoms with E-state index in [1.807, 2.05) is 31.2 Å². The molecule has 0 aromatic heterocycles.